The average Bonchev–Trinajstić information content (AvgIpc) is 2.54. The average molecular weight is 384 g/mol. The zero-order valence-corrected chi connectivity index (χ0v) is 18.2. The Kier molecular flexibility index (Phi) is 10.5. The van der Waals surface area contributed by atoms with Crippen molar-refractivity contribution in [1.82, 2.24) is 20.9 Å². The largest absolute Gasteiger partial charge is 0.444 e. The second-order valence-corrected chi connectivity index (χ2v) is 8.77. The molecule has 2 unspecified atom stereocenters. The van der Waals surface area contributed by atoms with E-state index in [1.165, 1.54) is 32.5 Å². The second-order valence-electron chi connectivity index (χ2n) is 8.77. The van der Waals surface area contributed by atoms with Crippen LogP contribution in [0, 0.1) is 11.8 Å². The number of unbranched alkanes of at least 4 members (excludes halogenated alkanes) is 1. The number of guanidine groups is 1. The zero-order valence-electron chi connectivity index (χ0n) is 18.2. The first kappa shape index (κ1) is 23.5. The Balaban J connectivity index is 2.07. The predicted octanol–water partition coefficient (Wildman–Crippen LogP) is 2.43. The summed E-state index contributed by atoms with van der Waals surface area (Å²) in [5.41, 5.74) is -0.473. The maximum atomic E-state index is 11.6. The van der Waals surface area contributed by atoms with Gasteiger partial charge >= 0.3 is 6.09 Å². The molecule has 1 fully saturated rings. The van der Waals surface area contributed by atoms with Crippen LogP contribution in [-0.4, -0.2) is 68.9 Å². The maximum Gasteiger partial charge on any atom is 0.407 e. The Morgan fingerprint density at radius 1 is 1.04 bits per heavy atom. The smallest absolute Gasteiger partial charge is 0.407 e. The molecule has 1 saturated heterocycles. The molecule has 1 rings (SSSR count). The molecule has 0 aromatic carbocycles. The van der Waals surface area contributed by atoms with E-state index in [0.29, 0.717) is 13.1 Å². The molecule has 7 heteroatoms. The molecule has 3 N–H and O–H groups in total. The van der Waals surface area contributed by atoms with Crippen molar-refractivity contribution in [1.29, 1.82) is 0 Å². The van der Waals surface area contributed by atoms with E-state index in [9.17, 15) is 4.79 Å². The predicted molar refractivity (Wildman–Crippen MR) is 112 cm³/mol. The molecule has 27 heavy (non-hydrogen) atoms. The van der Waals surface area contributed by atoms with E-state index in [1.54, 1.807) is 7.05 Å². The number of nitrogens with zero attached hydrogens (tertiary/aromatic N) is 2. The summed E-state index contributed by atoms with van der Waals surface area (Å²) in [7, 11) is 1.76. The van der Waals surface area contributed by atoms with Gasteiger partial charge in [-0.05, 0) is 58.4 Å². The van der Waals surface area contributed by atoms with Crippen LogP contribution >= 0.6 is 0 Å². The molecular weight excluding hydrogens is 342 g/mol. The summed E-state index contributed by atoms with van der Waals surface area (Å²) in [5, 5.41) is 9.25. The number of alkyl carbamates (subject to hydrolysis) is 1. The number of hydrogen-bond acceptors (Lipinski definition) is 4. The molecule has 0 radical (unpaired) electrons. The van der Waals surface area contributed by atoms with Crippen LogP contribution < -0.4 is 16.0 Å². The minimum atomic E-state index is -0.473. The SMILES string of the molecule is CN=C(NCCCCN1CC(C)CC(C)C1)NCCNC(=O)OC(C)(C)C. The lowest BCUT2D eigenvalue weighted by Crippen LogP contribution is -2.43. The van der Waals surface area contributed by atoms with Crippen LogP contribution in [0.15, 0.2) is 4.99 Å². The molecule has 1 aliphatic rings. The molecule has 158 valence electrons. The third kappa shape index (κ3) is 11.7. The van der Waals surface area contributed by atoms with Crippen molar-refractivity contribution >= 4 is 12.1 Å². The first-order valence-corrected chi connectivity index (χ1v) is 10.3. The fraction of sp³-hybridized carbons (Fsp3) is 0.900. The Morgan fingerprint density at radius 3 is 2.22 bits per heavy atom. The third-order valence-corrected chi connectivity index (χ3v) is 4.45. The van der Waals surface area contributed by atoms with Gasteiger partial charge in [-0.1, -0.05) is 13.8 Å². The minimum Gasteiger partial charge on any atom is -0.444 e. The van der Waals surface area contributed by atoms with E-state index in [0.717, 1.165) is 30.8 Å². The van der Waals surface area contributed by atoms with Gasteiger partial charge in [-0.3, -0.25) is 4.99 Å². The summed E-state index contributed by atoms with van der Waals surface area (Å²) in [4.78, 5) is 18.4. The van der Waals surface area contributed by atoms with Crippen LogP contribution in [0.5, 0.6) is 0 Å². The van der Waals surface area contributed by atoms with Gasteiger partial charge in [-0.2, -0.15) is 0 Å². The number of likely N-dealkylation sites (tertiary alicyclic amines) is 1. The van der Waals surface area contributed by atoms with Crippen molar-refractivity contribution in [3.05, 3.63) is 0 Å². The van der Waals surface area contributed by atoms with E-state index in [4.69, 9.17) is 4.74 Å². The highest BCUT2D eigenvalue weighted by atomic mass is 16.6. The molecule has 1 aliphatic heterocycles. The highest BCUT2D eigenvalue weighted by molar-refractivity contribution is 5.79. The first-order chi connectivity index (χ1) is 12.7. The summed E-state index contributed by atoms with van der Waals surface area (Å²) in [5.74, 6) is 2.41. The summed E-state index contributed by atoms with van der Waals surface area (Å²) in [6.45, 7) is 15.9. The number of amides is 1. The Morgan fingerprint density at radius 2 is 1.63 bits per heavy atom. The number of piperidine rings is 1. The van der Waals surface area contributed by atoms with E-state index >= 15 is 0 Å². The Hall–Kier alpha value is -1.50. The van der Waals surface area contributed by atoms with Crippen LogP contribution in [0.1, 0.15) is 53.9 Å². The van der Waals surface area contributed by atoms with Gasteiger partial charge in [0.1, 0.15) is 5.60 Å². The van der Waals surface area contributed by atoms with Gasteiger partial charge in [0.25, 0.3) is 0 Å². The summed E-state index contributed by atoms with van der Waals surface area (Å²) in [6, 6.07) is 0. The van der Waals surface area contributed by atoms with E-state index < -0.39 is 11.7 Å². The molecule has 0 spiro atoms. The quantitative estimate of drug-likeness (QED) is 0.341. The lowest BCUT2D eigenvalue weighted by Gasteiger charge is -2.34. The normalized spacial score (nSPS) is 21.6. The molecule has 0 aliphatic carbocycles. The summed E-state index contributed by atoms with van der Waals surface area (Å²) in [6.07, 6.45) is 3.29. The first-order valence-electron chi connectivity index (χ1n) is 10.3. The van der Waals surface area contributed by atoms with Gasteiger partial charge in [0.2, 0.25) is 0 Å². The van der Waals surface area contributed by atoms with Crippen LogP contribution in [0.3, 0.4) is 0 Å². The number of ether oxygens (including phenoxy) is 1. The number of nitrogens with one attached hydrogen (secondary N) is 3. The molecule has 1 heterocycles. The topological polar surface area (TPSA) is 78.0 Å². The highest BCUT2D eigenvalue weighted by Gasteiger charge is 2.21. The lowest BCUT2D eigenvalue weighted by molar-refractivity contribution is 0.0529. The number of rotatable bonds is 8. The fourth-order valence-corrected chi connectivity index (χ4v) is 3.52. The van der Waals surface area contributed by atoms with Crippen molar-refractivity contribution in [2.75, 3.05) is 46.3 Å². The van der Waals surface area contributed by atoms with Gasteiger partial charge in [0.15, 0.2) is 5.96 Å². The molecule has 7 nitrogen and oxygen atoms in total. The fourth-order valence-electron chi connectivity index (χ4n) is 3.52. The third-order valence-electron chi connectivity index (χ3n) is 4.45. The summed E-state index contributed by atoms with van der Waals surface area (Å²) < 4.78 is 5.20. The van der Waals surface area contributed by atoms with Crippen molar-refractivity contribution in [2.24, 2.45) is 16.8 Å². The summed E-state index contributed by atoms with van der Waals surface area (Å²) >= 11 is 0. The Labute approximate surface area is 165 Å². The Bertz CT molecular complexity index is 452. The minimum absolute atomic E-state index is 0.395. The molecule has 0 aromatic rings. The molecule has 0 saturated carbocycles. The van der Waals surface area contributed by atoms with Crippen LogP contribution in [0.25, 0.3) is 0 Å². The monoisotopic (exact) mass is 383 g/mol. The van der Waals surface area contributed by atoms with Crippen LogP contribution in [0.4, 0.5) is 4.79 Å². The standard InChI is InChI=1S/C20H41N5O2/c1-16-13-17(2)15-25(14-16)12-8-7-9-22-18(21-6)23-10-11-24-19(26)27-20(3,4)5/h16-17H,7-15H2,1-6H3,(H,24,26)(H2,21,22,23). The molecule has 0 aromatic heterocycles. The van der Waals surface area contributed by atoms with Crippen LogP contribution in [-0.2, 0) is 4.74 Å². The van der Waals surface area contributed by atoms with Gasteiger partial charge in [0, 0.05) is 39.8 Å². The highest BCUT2D eigenvalue weighted by Crippen LogP contribution is 2.20. The number of hydrogen-bond donors (Lipinski definition) is 3. The van der Waals surface area contributed by atoms with Crippen molar-refractivity contribution in [3.63, 3.8) is 0 Å². The maximum absolute atomic E-state index is 11.6. The number of carbonyl (C=O) groups is 1. The second kappa shape index (κ2) is 12.1. The van der Waals surface area contributed by atoms with Crippen molar-refractivity contribution in [2.45, 2.75) is 59.5 Å². The molecular formula is C20H41N5O2. The van der Waals surface area contributed by atoms with Gasteiger partial charge in [-0.25, -0.2) is 4.79 Å². The van der Waals surface area contributed by atoms with Crippen molar-refractivity contribution < 1.29 is 9.53 Å². The van der Waals surface area contributed by atoms with E-state index in [1.807, 2.05) is 20.8 Å². The molecule has 0 bridgehead atoms. The number of aliphatic imine (C=N–C) groups is 1. The van der Waals surface area contributed by atoms with Gasteiger partial charge in [0.05, 0.1) is 0 Å². The van der Waals surface area contributed by atoms with Crippen LogP contribution in [0.2, 0.25) is 0 Å². The number of carbonyl (C=O) groups excluding carboxylic acids is 1. The van der Waals surface area contributed by atoms with Gasteiger partial charge < -0.3 is 25.6 Å². The van der Waals surface area contributed by atoms with Crippen molar-refractivity contribution in [3.8, 4) is 0 Å². The van der Waals surface area contributed by atoms with E-state index in [2.05, 4.69) is 39.7 Å². The lowest BCUT2D eigenvalue weighted by atomic mass is 9.92. The van der Waals surface area contributed by atoms with Gasteiger partial charge in [-0.15, -0.1) is 0 Å². The molecule has 2 atom stereocenters. The van der Waals surface area contributed by atoms with E-state index in [-0.39, 0.29) is 0 Å². The zero-order chi connectivity index (χ0) is 20.3. The molecule has 1 amide bonds.